The van der Waals surface area contributed by atoms with Crippen molar-refractivity contribution in [1.29, 1.82) is 0 Å². The molecule has 27 heavy (non-hydrogen) atoms. The van der Waals surface area contributed by atoms with Crippen LogP contribution >= 0.6 is 11.3 Å². The summed E-state index contributed by atoms with van der Waals surface area (Å²) in [6.07, 6.45) is -0.848. The van der Waals surface area contributed by atoms with E-state index in [-0.39, 0.29) is 12.3 Å². The Bertz CT molecular complexity index is 836. The molecule has 9 nitrogen and oxygen atoms in total. The lowest BCUT2D eigenvalue weighted by atomic mass is 10.2. The smallest absolute Gasteiger partial charge is 0.289 e. The molecule has 1 aromatic heterocycles. The van der Waals surface area contributed by atoms with Gasteiger partial charge in [0.25, 0.3) is 11.8 Å². The number of hydrazine groups is 1. The van der Waals surface area contributed by atoms with Crippen LogP contribution in [0.2, 0.25) is 0 Å². The van der Waals surface area contributed by atoms with Crippen molar-refractivity contribution in [2.75, 3.05) is 37.8 Å². The van der Waals surface area contributed by atoms with Crippen LogP contribution in [-0.2, 0) is 9.53 Å². The number of nitrogens with zero attached hydrogens (tertiary/aromatic N) is 2. The normalized spacial score (nSPS) is 18.7. The zero-order valence-electron chi connectivity index (χ0n) is 14.3. The van der Waals surface area contributed by atoms with Gasteiger partial charge in [0.15, 0.2) is 16.6 Å². The van der Waals surface area contributed by atoms with Crippen molar-refractivity contribution < 1.29 is 23.8 Å². The number of ether oxygens (including phenoxy) is 3. The first-order chi connectivity index (χ1) is 13.2. The number of fused-ring (bicyclic) bond motifs is 1. The number of nitrogens with one attached hydrogen (secondary N) is 2. The maximum atomic E-state index is 12.2. The summed E-state index contributed by atoms with van der Waals surface area (Å²) in [5.41, 5.74) is 4.96. The second-order valence-electron chi connectivity index (χ2n) is 5.92. The Morgan fingerprint density at radius 1 is 1.15 bits per heavy atom. The summed E-state index contributed by atoms with van der Waals surface area (Å²) in [6, 6.07) is 7.09. The second-order valence-corrected chi connectivity index (χ2v) is 6.76. The molecule has 4 rings (SSSR count). The summed E-state index contributed by atoms with van der Waals surface area (Å²) in [7, 11) is 0. The van der Waals surface area contributed by atoms with Gasteiger partial charge in [-0.15, -0.1) is 11.3 Å². The molecule has 0 spiro atoms. The lowest BCUT2D eigenvalue weighted by Gasteiger charge is -2.26. The Hall–Kier alpha value is -2.85. The SMILES string of the molecule is O=C(NNC(=O)C1COc2ccccc2O1)c1csc(N2CCOCC2)n1. The Morgan fingerprint density at radius 2 is 1.93 bits per heavy atom. The van der Waals surface area contributed by atoms with Gasteiger partial charge < -0.3 is 19.1 Å². The molecule has 2 aromatic rings. The standard InChI is InChI=1S/C17H18N4O5S/c22-15(11-10-27-17(18-11)21-5-7-24-8-6-21)19-20-16(23)14-9-25-12-3-1-2-4-13(12)26-14/h1-4,10,14H,5-9H2,(H,19,22)(H,20,23). The molecule has 2 amide bonds. The highest BCUT2D eigenvalue weighted by Gasteiger charge is 2.28. The van der Waals surface area contributed by atoms with Gasteiger partial charge in [0.1, 0.15) is 12.3 Å². The molecule has 1 aromatic carbocycles. The Kier molecular flexibility index (Phi) is 5.07. The number of thiazole rings is 1. The maximum absolute atomic E-state index is 12.2. The molecule has 0 radical (unpaired) electrons. The van der Waals surface area contributed by atoms with Crippen LogP contribution in [0, 0.1) is 0 Å². The molecule has 0 bridgehead atoms. The predicted molar refractivity (Wildman–Crippen MR) is 97.1 cm³/mol. The molecule has 1 atom stereocenters. The first-order valence-corrected chi connectivity index (χ1v) is 9.35. The third-order valence-electron chi connectivity index (χ3n) is 4.11. The van der Waals surface area contributed by atoms with Crippen LogP contribution in [0.1, 0.15) is 10.5 Å². The third-order valence-corrected chi connectivity index (χ3v) is 5.01. The topological polar surface area (TPSA) is 102 Å². The summed E-state index contributed by atoms with van der Waals surface area (Å²) in [4.78, 5) is 30.8. The minimum atomic E-state index is -0.848. The number of aromatic nitrogens is 1. The fourth-order valence-electron chi connectivity index (χ4n) is 2.68. The van der Waals surface area contributed by atoms with Crippen molar-refractivity contribution in [2.45, 2.75) is 6.10 Å². The van der Waals surface area contributed by atoms with Crippen molar-refractivity contribution in [1.82, 2.24) is 15.8 Å². The molecule has 3 heterocycles. The van der Waals surface area contributed by atoms with E-state index in [2.05, 4.69) is 20.7 Å². The van der Waals surface area contributed by atoms with E-state index in [1.807, 2.05) is 6.07 Å². The molecule has 2 aliphatic rings. The number of benzene rings is 1. The van der Waals surface area contributed by atoms with E-state index >= 15 is 0 Å². The highest BCUT2D eigenvalue weighted by atomic mass is 32.1. The fourth-order valence-corrected chi connectivity index (χ4v) is 3.54. The average molecular weight is 390 g/mol. The highest BCUT2D eigenvalue weighted by Crippen LogP contribution is 2.30. The van der Waals surface area contributed by atoms with Gasteiger partial charge in [0.05, 0.1) is 13.2 Å². The van der Waals surface area contributed by atoms with E-state index in [4.69, 9.17) is 14.2 Å². The van der Waals surface area contributed by atoms with Gasteiger partial charge in [0.2, 0.25) is 6.10 Å². The maximum Gasteiger partial charge on any atom is 0.289 e. The van der Waals surface area contributed by atoms with E-state index in [1.165, 1.54) is 11.3 Å². The van der Waals surface area contributed by atoms with Gasteiger partial charge in [-0.1, -0.05) is 12.1 Å². The summed E-state index contributed by atoms with van der Waals surface area (Å²) < 4.78 is 16.4. The van der Waals surface area contributed by atoms with Crippen LogP contribution in [0.15, 0.2) is 29.6 Å². The van der Waals surface area contributed by atoms with Crippen LogP contribution in [0.4, 0.5) is 5.13 Å². The number of anilines is 1. The minimum absolute atomic E-state index is 0.0661. The lowest BCUT2D eigenvalue weighted by Crippen LogP contribution is -2.50. The Labute approximate surface area is 159 Å². The monoisotopic (exact) mass is 390 g/mol. The summed E-state index contributed by atoms with van der Waals surface area (Å²) in [5, 5.41) is 2.42. The van der Waals surface area contributed by atoms with Gasteiger partial charge in [-0.05, 0) is 12.1 Å². The van der Waals surface area contributed by atoms with E-state index in [1.54, 1.807) is 23.6 Å². The molecule has 1 fully saturated rings. The van der Waals surface area contributed by atoms with Gasteiger partial charge in [-0.2, -0.15) is 0 Å². The molecule has 0 aliphatic carbocycles. The van der Waals surface area contributed by atoms with Crippen LogP contribution in [0.5, 0.6) is 11.5 Å². The molecule has 10 heteroatoms. The van der Waals surface area contributed by atoms with Crippen LogP contribution in [-0.4, -0.2) is 55.8 Å². The van der Waals surface area contributed by atoms with Crippen molar-refractivity contribution in [3.63, 3.8) is 0 Å². The molecule has 142 valence electrons. The van der Waals surface area contributed by atoms with Crippen LogP contribution < -0.4 is 25.2 Å². The number of amides is 2. The number of carbonyl (C=O) groups excluding carboxylic acids is 2. The average Bonchev–Trinajstić information content (AvgIpc) is 3.22. The summed E-state index contributed by atoms with van der Waals surface area (Å²) in [6.45, 7) is 2.84. The summed E-state index contributed by atoms with van der Waals surface area (Å²) in [5.74, 6) is 0.0892. The van der Waals surface area contributed by atoms with Gasteiger partial charge in [-0.25, -0.2) is 4.98 Å². The van der Waals surface area contributed by atoms with Crippen molar-refractivity contribution in [3.05, 3.63) is 35.3 Å². The third kappa shape index (κ3) is 3.96. The largest absolute Gasteiger partial charge is 0.485 e. The molecular formula is C17H18N4O5S. The number of hydrogen-bond acceptors (Lipinski definition) is 8. The van der Waals surface area contributed by atoms with Gasteiger partial charge in [0, 0.05) is 18.5 Å². The number of para-hydroxylation sites is 2. The van der Waals surface area contributed by atoms with Gasteiger partial charge in [-0.3, -0.25) is 20.4 Å². The molecule has 2 aliphatic heterocycles. The lowest BCUT2D eigenvalue weighted by molar-refractivity contribution is -0.131. The zero-order chi connectivity index (χ0) is 18.6. The number of carbonyl (C=O) groups is 2. The Morgan fingerprint density at radius 3 is 2.74 bits per heavy atom. The molecule has 0 saturated carbocycles. The second kappa shape index (κ2) is 7.80. The van der Waals surface area contributed by atoms with Crippen molar-refractivity contribution in [3.8, 4) is 11.5 Å². The summed E-state index contributed by atoms with van der Waals surface area (Å²) >= 11 is 1.38. The number of morpholine rings is 1. The van der Waals surface area contributed by atoms with Crippen molar-refractivity contribution >= 4 is 28.3 Å². The van der Waals surface area contributed by atoms with E-state index < -0.39 is 17.9 Å². The van der Waals surface area contributed by atoms with E-state index in [9.17, 15) is 9.59 Å². The molecule has 2 N–H and O–H groups in total. The van der Waals surface area contributed by atoms with Crippen LogP contribution in [0.25, 0.3) is 0 Å². The highest BCUT2D eigenvalue weighted by molar-refractivity contribution is 7.13. The molecule has 1 saturated heterocycles. The van der Waals surface area contributed by atoms with Crippen molar-refractivity contribution in [2.24, 2.45) is 0 Å². The molecule has 1 unspecified atom stereocenters. The number of hydrogen-bond donors (Lipinski definition) is 2. The van der Waals surface area contributed by atoms with Crippen LogP contribution in [0.3, 0.4) is 0 Å². The molecular weight excluding hydrogens is 372 g/mol. The minimum Gasteiger partial charge on any atom is -0.485 e. The van der Waals surface area contributed by atoms with Gasteiger partial charge >= 0.3 is 0 Å². The number of rotatable bonds is 3. The Balaban J connectivity index is 1.30. The predicted octanol–water partition coefficient (Wildman–Crippen LogP) is 0.581. The quantitative estimate of drug-likeness (QED) is 0.739. The first kappa shape index (κ1) is 17.6. The van der Waals surface area contributed by atoms with E-state index in [0.717, 1.165) is 18.2 Å². The first-order valence-electron chi connectivity index (χ1n) is 8.47. The van der Waals surface area contributed by atoms with E-state index in [0.29, 0.717) is 24.7 Å². The fraction of sp³-hybridized carbons (Fsp3) is 0.353. The zero-order valence-corrected chi connectivity index (χ0v) is 15.2.